The van der Waals surface area contributed by atoms with E-state index in [1.165, 1.54) is 0 Å². The highest BCUT2D eigenvalue weighted by Crippen LogP contribution is 2.19. The van der Waals surface area contributed by atoms with Crippen molar-refractivity contribution in [1.29, 1.82) is 0 Å². The molecule has 6 nitrogen and oxygen atoms in total. The molecule has 0 heterocycles. The molecular weight excluding hydrogens is 336 g/mol. The number of rotatable bonds is 15. The number of ether oxygens (including phenoxy) is 2. The first kappa shape index (κ1) is 24.9. The molecule has 0 aromatic rings. The molecule has 0 aliphatic rings. The molecule has 0 rings (SSSR count). The van der Waals surface area contributed by atoms with Crippen LogP contribution in [0.3, 0.4) is 0 Å². The molecular formula is C20H38O6. The zero-order chi connectivity index (χ0) is 20.1. The van der Waals surface area contributed by atoms with Gasteiger partial charge in [-0.2, -0.15) is 0 Å². The van der Waals surface area contributed by atoms with Gasteiger partial charge in [-0.05, 0) is 79.1 Å². The van der Waals surface area contributed by atoms with Gasteiger partial charge in [-0.15, -0.1) is 0 Å². The summed E-state index contributed by atoms with van der Waals surface area (Å²) in [6.45, 7) is 7.80. The molecule has 0 amide bonds. The molecule has 154 valence electrons. The van der Waals surface area contributed by atoms with Gasteiger partial charge in [0.2, 0.25) is 0 Å². The minimum absolute atomic E-state index is 0.152. The van der Waals surface area contributed by atoms with E-state index >= 15 is 0 Å². The second kappa shape index (κ2) is 13.1. The molecule has 0 atom stereocenters. The summed E-state index contributed by atoms with van der Waals surface area (Å²) in [7, 11) is 0. The van der Waals surface area contributed by atoms with Crippen molar-refractivity contribution in [1.82, 2.24) is 0 Å². The van der Waals surface area contributed by atoms with Gasteiger partial charge in [0.05, 0.1) is 12.2 Å². The van der Waals surface area contributed by atoms with Crippen molar-refractivity contribution >= 4 is 11.9 Å². The smallest absolute Gasteiger partial charge is 0.306 e. The van der Waals surface area contributed by atoms with Crippen LogP contribution in [-0.2, 0) is 19.1 Å². The molecule has 0 aliphatic carbocycles. The van der Waals surface area contributed by atoms with E-state index in [1.807, 2.05) is 13.8 Å². The molecule has 0 aliphatic heterocycles. The number of unbranched alkanes of at least 4 members (excludes halogenated alkanes) is 3. The minimum atomic E-state index is -0.675. The SMILES string of the molecule is CC(C)(O)CCCCOC(=O)CCCCC(=O)OC(C)(C)CCCCO. The topological polar surface area (TPSA) is 93.1 Å². The van der Waals surface area contributed by atoms with Crippen LogP contribution in [0.15, 0.2) is 0 Å². The van der Waals surface area contributed by atoms with Crippen molar-refractivity contribution in [2.75, 3.05) is 13.2 Å². The van der Waals surface area contributed by atoms with Crippen molar-refractivity contribution in [3.63, 3.8) is 0 Å². The van der Waals surface area contributed by atoms with Crippen molar-refractivity contribution in [3.05, 3.63) is 0 Å². The van der Waals surface area contributed by atoms with Gasteiger partial charge < -0.3 is 19.7 Å². The van der Waals surface area contributed by atoms with E-state index in [-0.39, 0.29) is 18.5 Å². The van der Waals surface area contributed by atoms with Gasteiger partial charge in [-0.3, -0.25) is 9.59 Å². The van der Waals surface area contributed by atoms with Crippen LogP contribution in [0.4, 0.5) is 0 Å². The summed E-state index contributed by atoms with van der Waals surface area (Å²) in [5.41, 5.74) is -1.19. The molecule has 0 saturated heterocycles. The lowest BCUT2D eigenvalue weighted by Crippen LogP contribution is -2.28. The number of aliphatic hydroxyl groups excluding tert-OH is 1. The number of carbonyl (C=O) groups is 2. The van der Waals surface area contributed by atoms with Crippen LogP contribution in [0.5, 0.6) is 0 Å². The largest absolute Gasteiger partial charge is 0.466 e. The predicted octanol–water partition coefficient (Wildman–Crippen LogP) is 3.52. The average molecular weight is 375 g/mol. The Morgan fingerprint density at radius 1 is 0.808 bits per heavy atom. The predicted molar refractivity (Wildman–Crippen MR) is 101 cm³/mol. The van der Waals surface area contributed by atoms with Crippen LogP contribution in [0.1, 0.15) is 91.9 Å². The number of carbonyl (C=O) groups excluding carboxylic acids is 2. The summed E-state index contributed by atoms with van der Waals surface area (Å²) >= 11 is 0. The van der Waals surface area contributed by atoms with Crippen LogP contribution in [0, 0.1) is 0 Å². The quantitative estimate of drug-likeness (QED) is 0.336. The maximum Gasteiger partial charge on any atom is 0.306 e. The molecule has 0 aromatic heterocycles. The highest BCUT2D eigenvalue weighted by Gasteiger charge is 2.22. The monoisotopic (exact) mass is 374 g/mol. The normalized spacial score (nSPS) is 12.1. The van der Waals surface area contributed by atoms with Crippen LogP contribution in [0.2, 0.25) is 0 Å². The van der Waals surface area contributed by atoms with E-state index in [0.717, 1.165) is 25.7 Å². The summed E-state index contributed by atoms with van der Waals surface area (Å²) in [5, 5.41) is 18.4. The molecule has 2 N–H and O–H groups in total. The maximum atomic E-state index is 11.9. The van der Waals surface area contributed by atoms with Gasteiger partial charge >= 0.3 is 11.9 Å². The molecule has 0 radical (unpaired) electrons. The van der Waals surface area contributed by atoms with Crippen molar-refractivity contribution < 1.29 is 29.3 Å². The summed E-state index contributed by atoms with van der Waals surface area (Å²) in [6.07, 6.45) is 6.29. The van der Waals surface area contributed by atoms with E-state index in [1.54, 1.807) is 13.8 Å². The molecule has 6 heteroatoms. The lowest BCUT2D eigenvalue weighted by atomic mass is 10.0. The summed E-state index contributed by atoms with van der Waals surface area (Å²) in [5.74, 6) is -0.495. The summed E-state index contributed by atoms with van der Waals surface area (Å²) < 4.78 is 10.6. The third-order valence-electron chi connectivity index (χ3n) is 4.03. The van der Waals surface area contributed by atoms with Crippen LogP contribution in [0.25, 0.3) is 0 Å². The van der Waals surface area contributed by atoms with Gasteiger partial charge in [0.1, 0.15) is 5.60 Å². The van der Waals surface area contributed by atoms with Gasteiger partial charge in [0.15, 0.2) is 0 Å². The molecule has 26 heavy (non-hydrogen) atoms. The zero-order valence-electron chi connectivity index (χ0n) is 17.0. The lowest BCUT2D eigenvalue weighted by molar-refractivity contribution is -0.157. The van der Waals surface area contributed by atoms with Crippen LogP contribution in [-0.4, -0.2) is 46.6 Å². The Labute approximate surface area is 158 Å². The fraction of sp³-hybridized carbons (Fsp3) is 0.900. The number of esters is 2. The van der Waals surface area contributed by atoms with Gasteiger partial charge in [0.25, 0.3) is 0 Å². The van der Waals surface area contributed by atoms with E-state index in [0.29, 0.717) is 45.1 Å². The fourth-order valence-corrected chi connectivity index (χ4v) is 2.53. The Morgan fingerprint density at radius 2 is 1.38 bits per heavy atom. The number of hydrogen-bond donors (Lipinski definition) is 2. The Morgan fingerprint density at radius 3 is 1.96 bits per heavy atom. The van der Waals surface area contributed by atoms with Crippen molar-refractivity contribution in [2.45, 2.75) is 103 Å². The first-order chi connectivity index (χ1) is 12.1. The molecule has 0 unspecified atom stereocenters. The average Bonchev–Trinajstić information content (AvgIpc) is 2.49. The summed E-state index contributed by atoms with van der Waals surface area (Å²) in [4.78, 5) is 23.5. The fourth-order valence-electron chi connectivity index (χ4n) is 2.53. The van der Waals surface area contributed by atoms with Crippen LogP contribution < -0.4 is 0 Å². The van der Waals surface area contributed by atoms with Crippen molar-refractivity contribution in [2.24, 2.45) is 0 Å². The summed E-state index contributed by atoms with van der Waals surface area (Å²) in [6, 6.07) is 0. The zero-order valence-corrected chi connectivity index (χ0v) is 17.0. The molecule has 0 bridgehead atoms. The highest BCUT2D eigenvalue weighted by molar-refractivity contribution is 5.70. The minimum Gasteiger partial charge on any atom is -0.466 e. The molecule has 0 saturated carbocycles. The Hall–Kier alpha value is -1.14. The second-order valence-corrected chi connectivity index (χ2v) is 8.11. The third kappa shape index (κ3) is 16.3. The van der Waals surface area contributed by atoms with Gasteiger partial charge in [-0.1, -0.05) is 0 Å². The molecule has 0 aromatic carbocycles. The van der Waals surface area contributed by atoms with Crippen LogP contribution >= 0.6 is 0 Å². The Balaban J connectivity index is 3.68. The van der Waals surface area contributed by atoms with E-state index in [9.17, 15) is 14.7 Å². The standard InChI is InChI=1S/C20H38O6/c1-19(2,24)13-8-10-16-25-17(22)11-5-6-12-18(23)26-20(3,4)14-7-9-15-21/h21,24H,5-16H2,1-4H3. The third-order valence-corrected chi connectivity index (χ3v) is 4.03. The second-order valence-electron chi connectivity index (χ2n) is 8.11. The maximum absolute atomic E-state index is 11.9. The van der Waals surface area contributed by atoms with Gasteiger partial charge in [-0.25, -0.2) is 0 Å². The number of aliphatic hydroxyl groups is 2. The van der Waals surface area contributed by atoms with E-state index in [2.05, 4.69) is 0 Å². The Kier molecular flexibility index (Phi) is 12.5. The lowest BCUT2D eigenvalue weighted by Gasteiger charge is -2.25. The van der Waals surface area contributed by atoms with Crippen molar-refractivity contribution in [3.8, 4) is 0 Å². The molecule has 0 spiro atoms. The first-order valence-electron chi connectivity index (χ1n) is 9.76. The van der Waals surface area contributed by atoms with Gasteiger partial charge in [0, 0.05) is 19.4 Å². The Bertz CT molecular complexity index is 398. The van der Waals surface area contributed by atoms with E-state index < -0.39 is 11.2 Å². The molecule has 0 fully saturated rings. The number of hydrogen-bond acceptors (Lipinski definition) is 6. The highest BCUT2D eigenvalue weighted by atomic mass is 16.6. The first-order valence-corrected chi connectivity index (χ1v) is 9.76. The van der Waals surface area contributed by atoms with E-state index in [4.69, 9.17) is 14.6 Å².